The predicted molar refractivity (Wildman–Crippen MR) is 161 cm³/mol. The minimum atomic E-state index is -6.00. The molecule has 0 aliphatic carbocycles. The number of fused-ring (bicyclic) bond motifs is 4. The van der Waals surface area contributed by atoms with E-state index in [1.807, 2.05) is 36.4 Å². The average molecular weight is 753 g/mol. The van der Waals surface area contributed by atoms with Crippen LogP contribution in [0.1, 0.15) is 11.4 Å². The number of nitrogens with one attached hydrogen (secondary N) is 1. The van der Waals surface area contributed by atoms with Gasteiger partial charge < -0.3 is 27.4 Å². The number of hydrogen-bond donors (Lipinski definition) is 1. The molecule has 0 aliphatic heterocycles. The van der Waals surface area contributed by atoms with Crippen molar-refractivity contribution >= 4 is 78.2 Å². The van der Waals surface area contributed by atoms with Crippen LogP contribution in [0, 0.1) is 0 Å². The second kappa shape index (κ2) is 15.2. The summed E-state index contributed by atoms with van der Waals surface area (Å²) in [5.74, 6) is 0.840. The summed E-state index contributed by atoms with van der Waals surface area (Å²) >= 11 is 6.61. The fourth-order valence-corrected chi connectivity index (χ4v) is 5.07. The number of rotatable bonds is 4. The Morgan fingerprint density at radius 3 is 2.05 bits per heavy atom. The topological polar surface area (TPSA) is 89.9 Å². The van der Waals surface area contributed by atoms with Gasteiger partial charge >= 0.3 is 24.3 Å². The summed E-state index contributed by atoms with van der Waals surface area (Å²) in [4.78, 5) is 20.8. The van der Waals surface area contributed by atoms with Crippen molar-refractivity contribution in [3.63, 3.8) is 0 Å². The largest absolute Gasteiger partial charge is 2.00 e. The molecule has 0 saturated heterocycles. The van der Waals surface area contributed by atoms with Gasteiger partial charge in [0.05, 0.1) is 22.1 Å². The zero-order valence-electron chi connectivity index (χ0n) is 21.4. The molecule has 0 aliphatic rings. The van der Waals surface area contributed by atoms with Crippen LogP contribution >= 0.6 is 31.9 Å². The molecule has 3 aromatic heterocycles. The Bertz CT molecular complexity index is 1730. The number of aromatic nitrogens is 4. The molecular weight excluding hydrogens is 732 g/mol. The van der Waals surface area contributed by atoms with Crippen molar-refractivity contribution in [1.29, 1.82) is 0 Å². The van der Waals surface area contributed by atoms with Crippen molar-refractivity contribution in [1.82, 2.24) is 19.9 Å². The van der Waals surface area contributed by atoms with Crippen LogP contribution in [0.15, 0.2) is 99.1 Å². The molecule has 219 valence electrons. The molecule has 1 radical (unpaired) electrons. The quantitative estimate of drug-likeness (QED) is 0.0859. The van der Waals surface area contributed by atoms with Crippen molar-refractivity contribution in [2.24, 2.45) is 4.99 Å². The van der Waals surface area contributed by atoms with Gasteiger partial charge in [0, 0.05) is 51.3 Å². The standard InChI is InChI=1S/C16H13Br2N3O.C12H8N2.BF4.Cu/c17-11-7-10(16(22)12(18)8-11)9-19-6-5-15-20-13-3-1-2-4-14(13)21-15;1-3-9-5-6-10-4-2-8-14-12(10)11(9)13-7-1;2-1(3,4)5;/h1-4,7-9,22H,5-6H2,(H,20,21);1-8H;;/q;;-1;+2/p-1. The summed E-state index contributed by atoms with van der Waals surface area (Å²) < 4.78 is 40.4. The molecule has 0 fully saturated rings. The first-order chi connectivity index (χ1) is 19.6. The first kappa shape index (κ1) is 33.2. The van der Waals surface area contributed by atoms with Crippen LogP contribution in [0.4, 0.5) is 17.3 Å². The Labute approximate surface area is 265 Å². The summed E-state index contributed by atoms with van der Waals surface area (Å²) in [7, 11) is -6.00. The third kappa shape index (κ3) is 9.62. The molecule has 3 aromatic carbocycles. The summed E-state index contributed by atoms with van der Waals surface area (Å²) in [5, 5.41) is 14.2. The van der Waals surface area contributed by atoms with E-state index in [0.29, 0.717) is 23.0 Å². The van der Waals surface area contributed by atoms with E-state index < -0.39 is 7.25 Å². The molecule has 0 amide bonds. The monoisotopic (exact) mass is 750 g/mol. The minimum Gasteiger partial charge on any atom is -0.871 e. The normalized spacial score (nSPS) is 11.1. The zero-order chi connectivity index (χ0) is 29.4. The molecule has 0 atom stereocenters. The van der Waals surface area contributed by atoms with E-state index in [4.69, 9.17) is 0 Å². The van der Waals surface area contributed by atoms with Crippen molar-refractivity contribution in [2.45, 2.75) is 6.42 Å². The molecule has 0 unspecified atom stereocenters. The number of pyridine rings is 2. The third-order valence-electron chi connectivity index (χ3n) is 5.53. The number of hydrogen-bond acceptors (Lipinski definition) is 5. The minimum absolute atomic E-state index is 0. The Morgan fingerprint density at radius 2 is 1.45 bits per heavy atom. The molecule has 0 spiro atoms. The van der Waals surface area contributed by atoms with E-state index in [-0.39, 0.29) is 22.8 Å². The predicted octanol–water partition coefficient (Wildman–Crippen LogP) is 7.90. The average Bonchev–Trinajstić information content (AvgIpc) is 3.36. The molecule has 42 heavy (non-hydrogen) atoms. The summed E-state index contributed by atoms with van der Waals surface area (Å²) in [6.07, 6.45) is 5.92. The van der Waals surface area contributed by atoms with Crippen LogP contribution in [-0.2, 0) is 23.5 Å². The maximum Gasteiger partial charge on any atom is 2.00 e. The molecule has 0 saturated carbocycles. The van der Waals surface area contributed by atoms with Gasteiger partial charge in [0.25, 0.3) is 0 Å². The molecule has 14 heteroatoms. The van der Waals surface area contributed by atoms with Gasteiger partial charge in [-0.25, -0.2) is 4.98 Å². The van der Waals surface area contributed by atoms with Crippen LogP contribution in [0.25, 0.3) is 32.8 Å². The Kier molecular flexibility index (Phi) is 12.0. The summed E-state index contributed by atoms with van der Waals surface area (Å²) in [6.45, 7) is 0.573. The van der Waals surface area contributed by atoms with E-state index in [2.05, 4.69) is 81.1 Å². The van der Waals surface area contributed by atoms with E-state index in [1.165, 1.54) is 0 Å². The Morgan fingerprint density at radius 1 is 0.857 bits per heavy atom. The molecule has 6 rings (SSSR count). The first-order valence-corrected chi connectivity index (χ1v) is 13.7. The SMILES string of the molecule is F[B-](F)(F)F.[Cu+2].[O-]c1c(Br)cc(Br)cc1C=NCCc1nc2ccccc2[nH]1.c1cnc2c(c1)ccc1cccnc12. The molecule has 0 bridgehead atoms. The Hall–Kier alpha value is -3.32. The van der Waals surface area contributed by atoms with Gasteiger partial charge in [-0.2, -0.15) is 0 Å². The number of imidazole rings is 1. The third-order valence-corrected chi connectivity index (χ3v) is 6.58. The second-order valence-electron chi connectivity index (χ2n) is 8.50. The number of para-hydroxylation sites is 2. The Balaban J connectivity index is 0.000000207. The van der Waals surface area contributed by atoms with Gasteiger partial charge in [-0.1, -0.05) is 74.0 Å². The first-order valence-electron chi connectivity index (χ1n) is 12.1. The van der Waals surface area contributed by atoms with Crippen molar-refractivity contribution in [2.75, 3.05) is 6.54 Å². The molecule has 6 nitrogen and oxygen atoms in total. The van der Waals surface area contributed by atoms with Crippen LogP contribution in [0.2, 0.25) is 0 Å². The van der Waals surface area contributed by atoms with Gasteiger partial charge in [-0.05, 0) is 42.0 Å². The molecule has 1 N–H and O–H groups in total. The molecule has 6 aromatic rings. The van der Waals surface area contributed by atoms with Crippen molar-refractivity contribution < 1.29 is 39.4 Å². The molecule has 3 heterocycles. The van der Waals surface area contributed by atoms with Crippen LogP contribution in [0.5, 0.6) is 5.75 Å². The van der Waals surface area contributed by atoms with E-state index in [9.17, 15) is 22.4 Å². The van der Waals surface area contributed by atoms with E-state index >= 15 is 0 Å². The fourth-order valence-electron chi connectivity index (χ4n) is 3.81. The van der Waals surface area contributed by atoms with Crippen molar-refractivity contribution in [3.8, 4) is 5.75 Å². The van der Waals surface area contributed by atoms with Gasteiger partial charge in [0.15, 0.2) is 0 Å². The van der Waals surface area contributed by atoms with Crippen molar-refractivity contribution in [3.05, 3.63) is 106 Å². The fraction of sp³-hybridized carbons (Fsp3) is 0.0714. The molecular formula is C28H20BBr2CuF4N5O. The number of halogens is 6. The zero-order valence-corrected chi connectivity index (χ0v) is 25.5. The van der Waals surface area contributed by atoms with Gasteiger partial charge in [-0.15, -0.1) is 0 Å². The van der Waals surface area contributed by atoms with E-state index in [1.54, 1.807) is 30.7 Å². The summed E-state index contributed by atoms with van der Waals surface area (Å²) in [5.41, 5.74) is 4.50. The van der Waals surface area contributed by atoms with Gasteiger partial charge in [0.1, 0.15) is 5.82 Å². The maximum atomic E-state index is 11.9. The number of H-pyrrole nitrogens is 1. The maximum absolute atomic E-state index is 11.9. The second-order valence-corrected chi connectivity index (χ2v) is 10.3. The summed E-state index contributed by atoms with van der Waals surface area (Å²) in [6, 6.07) is 23.5. The van der Waals surface area contributed by atoms with Crippen LogP contribution < -0.4 is 5.11 Å². The van der Waals surface area contributed by atoms with Gasteiger partial charge in [-0.3, -0.25) is 15.0 Å². The number of benzene rings is 3. The number of aromatic amines is 1. The smallest absolute Gasteiger partial charge is 0.871 e. The van der Waals surface area contributed by atoms with E-state index in [0.717, 1.165) is 43.1 Å². The van der Waals surface area contributed by atoms with Crippen LogP contribution in [-0.4, -0.2) is 39.9 Å². The number of nitrogens with zero attached hydrogens (tertiary/aromatic N) is 4. The van der Waals surface area contributed by atoms with Crippen LogP contribution in [0.3, 0.4) is 0 Å². The number of aliphatic imine (C=N–C) groups is 1. The van der Waals surface area contributed by atoms with Gasteiger partial charge in [0.2, 0.25) is 0 Å².